The largest absolute Gasteiger partial charge is 0.443 e. The van der Waals surface area contributed by atoms with Gasteiger partial charge in [0.05, 0.1) is 16.9 Å². The summed E-state index contributed by atoms with van der Waals surface area (Å²) in [5.74, 6) is 0. The molecule has 2 rings (SSSR count). The molecule has 21 heavy (non-hydrogen) atoms. The number of benzene rings is 1. The van der Waals surface area contributed by atoms with Gasteiger partial charge in [0.25, 0.3) is 0 Å². The summed E-state index contributed by atoms with van der Waals surface area (Å²) in [6.07, 6.45) is -0.290. The smallest absolute Gasteiger partial charge is 0.415 e. The van der Waals surface area contributed by atoms with Crippen LogP contribution in [0.15, 0.2) is 12.1 Å². The van der Waals surface area contributed by atoms with Crippen molar-refractivity contribution in [3.8, 4) is 0 Å². The number of anilines is 2. The highest BCUT2D eigenvalue weighted by molar-refractivity contribution is 5.96. The molecule has 1 aliphatic heterocycles. The molecule has 1 heterocycles. The molecule has 0 spiro atoms. The molecule has 0 aromatic heterocycles. The highest BCUT2D eigenvalue weighted by atomic mass is 16.6. The van der Waals surface area contributed by atoms with Crippen LogP contribution in [-0.4, -0.2) is 23.8 Å². The topological polar surface area (TPSA) is 41.6 Å². The third-order valence-corrected chi connectivity index (χ3v) is 3.56. The van der Waals surface area contributed by atoms with E-state index in [1.807, 2.05) is 41.5 Å². The second-order valence-corrected chi connectivity index (χ2v) is 7.46. The van der Waals surface area contributed by atoms with Gasteiger partial charge in [-0.15, -0.1) is 0 Å². The summed E-state index contributed by atoms with van der Waals surface area (Å²) in [5.41, 5.74) is 3.34. The summed E-state index contributed by atoms with van der Waals surface area (Å²) in [4.78, 5) is 14.5. The maximum absolute atomic E-state index is 12.7. The van der Waals surface area contributed by atoms with Crippen molar-refractivity contribution >= 4 is 17.5 Å². The quantitative estimate of drug-likeness (QED) is 0.776. The number of carbonyl (C=O) groups excluding carboxylic acids is 1. The zero-order valence-corrected chi connectivity index (χ0v) is 14.1. The Hall–Kier alpha value is -1.71. The lowest BCUT2D eigenvalue weighted by molar-refractivity contribution is 0.0546. The van der Waals surface area contributed by atoms with Crippen LogP contribution in [0.25, 0.3) is 0 Å². The fraction of sp³-hybridized carbons (Fsp3) is 0.588. The Balaban J connectivity index is 2.51. The number of aryl methyl sites for hydroxylation is 2. The number of nitrogens with zero attached hydrogens (tertiary/aromatic N) is 1. The van der Waals surface area contributed by atoms with Crippen molar-refractivity contribution in [3.63, 3.8) is 0 Å². The highest BCUT2D eigenvalue weighted by Crippen LogP contribution is 2.40. The molecule has 0 aliphatic carbocycles. The van der Waals surface area contributed by atoms with Gasteiger partial charge in [0.15, 0.2) is 0 Å². The molecule has 0 radical (unpaired) electrons. The first-order valence-corrected chi connectivity index (χ1v) is 7.40. The van der Waals surface area contributed by atoms with Gasteiger partial charge < -0.3 is 10.1 Å². The number of fused-ring (bicyclic) bond motifs is 1. The molecule has 0 unspecified atom stereocenters. The van der Waals surface area contributed by atoms with Crippen LogP contribution in [0.4, 0.5) is 16.2 Å². The lowest BCUT2D eigenvalue weighted by atomic mass is 9.95. The van der Waals surface area contributed by atoms with Gasteiger partial charge in [-0.2, -0.15) is 0 Å². The second-order valence-electron chi connectivity index (χ2n) is 7.46. The summed E-state index contributed by atoms with van der Waals surface area (Å²) >= 11 is 0. The maximum Gasteiger partial charge on any atom is 0.415 e. The van der Waals surface area contributed by atoms with Crippen molar-refractivity contribution in [3.05, 3.63) is 23.3 Å². The maximum atomic E-state index is 12.7. The minimum Gasteiger partial charge on any atom is -0.443 e. The first-order chi connectivity index (χ1) is 9.51. The van der Waals surface area contributed by atoms with Gasteiger partial charge in [-0.25, -0.2) is 4.79 Å². The number of carbonyl (C=O) groups is 1. The van der Waals surface area contributed by atoms with Gasteiger partial charge in [0.1, 0.15) is 5.60 Å². The predicted octanol–water partition coefficient (Wildman–Crippen LogP) is 4.25. The molecule has 4 nitrogen and oxygen atoms in total. The molecule has 1 aromatic carbocycles. The molecule has 1 aliphatic rings. The van der Waals surface area contributed by atoms with Crippen molar-refractivity contribution in [2.45, 2.75) is 59.6 Å². The van der Waals surface area contributed by atoms with Gasteiger partial charge >= 0.3 is 6.09 Å². The molecule has 0 fully saturated rings. The highest BCUT2D eigenvalue weighted by Gasteiger charge is 2.40. The van der Waals surface area contributed by atoms with Gasteiger partial charge in [0, 0.05) is 6.54 Å². The third-order valence-electron chi connectivity index (χ3n) is 3.56. The van der Waals surface area contributed by atoms with Crippen LogP contribution in [0.3, 0.4) is 0 Å². The molecule has 1 amide bonds. The first kappa shape index (κ1) is 15.7. The Kier molecular flexibility index (Phi) is 3.68. The van der Waals surface area contributed by atoms with E-state index in [1.54, 1.807) is 4.90 Å². The number of rotatable bonds is 0. The van der Waals surface area contributed by atoms with Crippen molar-refractivity contribution in [1.29, 1.82) is 0 Å². The summed E-state index contributed by atoms with van der Waals surface area (Å²) in [5, 5.41) is 3.43. The van der Waals surface area contributed by atoms with Crippen LogP contribution in [0.5, 0.6) is 0 Å². The Morgan fingerprint density at radius 3 is 2.48 bits per heavy atom. The molecule has 116 valence electrons. The summed E-state index contributed by atoms with van der Waals surface area (Å²) in [7, 11) is 0. The van der Waals surface area contributed by atoms with Crippen molar-refractivity contribution in [2.24, 2.45) is 0 Å². The van der Waals surface area contributed by atoms with E-state index < -0.39 is 5.60 Å². The van der Waals surface area contributed by atoms with E-state index in [4.69, 9.17) is 4.74 Å². The van der Waals surface area contributed by atoms with Crippen LogP contribution in [-0.2, 0) is 4.74 Å². The second kappa shape index (κ2) is 4.93. The molecule has 1 N–H and O–H groups in total. The molecule has 4 heteroatoms. The molecule has 0 saturated heterocycles. The van der Waals surface area contributed by atoms with E-state index in [1.165, 1.54) is 5.56 Å². The average molecular weight is 290 g/mol. The lowest BCUT2D eigenvalue weighted by Gasteiger charge is -2.44. The van der Waals surface area contributed by atoms with Crippen LogP contribution >= 0.6 is 0 Å². The Labute approximate surface area is 127 Å². The summed E-state index contributed by atoms with van der Waals surface area (Å²) in [6.45, 7) is 14.6. The van der Waals surface area contributed by atoms with Crippen LogP contribution in [0, 0.1) is 13.8 Å². The number of hydrogen-bond donors (Lipinski definition) is 1. The molecule has 0 bridgehead atoms. The molecular weight excluding hydrogens is 264 g/mol. The van der Waals surface area contributed by atoms with Crippen molar-refractivity contribution in [1.82, 2.24) is 0 Å². The SMILES string of the molecule is Cc1cc(C)c2c(c1)NCC(C)(C)N2C(=O)OC(C)(C)C. The average Bonchev–Trinajstić information content (AvgIpc) is 2.26. The Bertz CT molecular complexity index is 571. The van der Waals surface area contributed by atoms with Crippen LogP contribution in [0.1, 0.15) is 45.7 Å². The zero-order valence-electron chi connectivity index (χ0n) is 14.1. The number of amides is 1. The van der Waals surface area contributed by atoms with Crippen molar-refractivity contribution < 1.29 is 9.53 Å². The standard InChI is InChI=1S/C17H26N2O2/c1-11-8-12(2)14-13(9-11)18-10-17(6,7)19(14)15(20)21-16(3,4)5/h8-9,18H,10H2,1-7H3. The van der Waals surface area contributed by atoms with Gasteiger partial charge in [0.2, 0.25) is 0 Å². The first-order valence-electron chi connectivity index (χ1n) is 7.40. The van der Waals surface area contributed by atoms with Gasteiger partial charge in [-0.1, -0.05) is 6.07 Å². The predicted molar refractivity (Wildman–Crippen MR) is 87.2 cm³/mol. The normalized spacial score (nSPS) is 17.0. The zero-order chi connectivity index (χ0) is 16.0. The Morgan fingerprint density at radius 1 is 1.29 bits per heavy atom. The molecule has 0 atom stereocenters. The van der Waals surface area contributed by atoms with E-state index in [2.05, 4.69) is 24.4 Å². The van der Waals surface area contributed by atoms with E-state index >= 15 is 0 Å². The van der Waals surface area contributed by atoms with Crippen LogP contribution in [0.2, 0.25) is 0 Å². The van der Waals surface area contributed by atoms with E-state index in [9.17, 15) is 4.79 Å². The molecular formula is C17H26N2O2. The molecule has 0 saturated carbocycles. The number of hydrogen-bond acceptors (Lipinski definition) is 3. The summed E-state index contributed by atoms with van der Waals surface area (Å²) < 4.78 is 5.61. The third kappa shape index (κ3) is 3.14. The number of nitrogens with one attached hydrogen (secondary N) is 1. The minimum atomic E-state index is -0.503. The number of ether oxygens (including phenoxy) is 1. The summed E-state index contributed by atoms with van der Waals surface area (Å²) in [6, 6.07) is 4.17. The van der Waals surface area contributed by atoms with Crippen molar-refractivity contribution in [2.75, 3.05) is 16.8 Å². The van der Waals surface area contributed by atoms with E-state index in [0.29, 0.717) is 6.54 Å². The van der Waals surface area contributed by atoms with Crippen LogP contribution < -0.4 is 10.2 Å². The fourth-order valence-corrected chi connectivity index (χ4v) is 2.73. The Morgan fingerprint density at radius 2 is 1.90 bits per heavy atom. The fourth-order valence-electron chi connectivity index (χ4n) is 2.73. The monoisotopic (exact) mass is 290 g/mol. The lowest BCUT2D eigenvalue weighted by Crippen LogP contribution is -2.56. The van der Waals surface area contributed by atoms with Gasteiger partial charge in [-0.3, -0.25) is 4.90 Å². The van der Waals surface area contributed by atoms with E-state index in [-0.39, 0.29) is 11.6 Å². The minimum absolute atomic E-state index is 0.290. The van der Waals surface area contributed by atoms with Gasteiger partial charge in [-0.05, 0) is 65.7 Å². The molecule has 1 aromatic rings. The van der Waals surface area contributed by atoms with E-state index in [0.717, 1.165) is 16.9 Å².